The fourth-order valence-corrected chi connectivity index (χ4v) is 3.07. The van der Waals surface area contributed by atoms with Crippen LogP contribution >= 0.6 is 0 Å². The molecule has 2 aliphatic heterocycles. The fraction of sp³-hybridized carbons (Fsp3) is 0.316. The minimum Gasteiger partial charge on any atom is -0.493 e. The predicted octanol–water partition coefficient (Wildman–Crippen LogP) is 2.65. The lowest BCUT2D eigenvalue weighted by Crippen LogP contribution is -2.45. The maximum absolute atomic E-state index is 12.2. The molecule has 0 aromatic heterocycles. The van der Waals surface area contributed by atoms with Crippen molar-refractivity contribution in [1.29, 1.82) is 0 Å². The molecule has 2 N–H and O–H groups in total. The fourth-order valence-electron chi connectivity index (χ4n) is 3.07. The topological polar surface area (TPSA) is 68.8 Å². The van der Waals surface area contributed by atoms with Gasteiger partial charge in [0.15, 0.2) is 17.6 Å². The highest BCUT2D eigenvalue weighted by atomic mass is 16.6. The largest absolute Gasteiger partial charge is 0.493 e. The summed E-state index contributed by atoms with van der Waals surface area (Å²) in [7, 11) is 0. The van der Waals surface area contributed by atoms with Gasteiger partial charge in [-0.2, -0.15) is 0 Å². The minimum absolute atomic E-state index is 0.0470. The summed E-state index contributed by atoms with van der Waals surface area (Å²) in [5, 5.41) is 5.87. The van der Waals surface area contributed by atoms with E-state index < -0.39 is 0 Å². The van der Waals surface area contributed by atoms with E-state index in [0.717, 1.165) is 23.5 Å². The average molecular weight is 340 g/mol. The van der Waals surface area contributed by atoms with E-state index in [1.165, 1.54) is 0 Å². The molecule has 2 aliphatic rings. The van der Waals surface area contributed by atoms with Gasteiger partial charge in [-0.15, -0.1) is 0 Å². The van der Waals surface area contributed by atoms with Crippen molar-refractivity contribution in [2.75, 3.05) is 19.8 Å². The van der Waals surface area contributed by atoms with Crippen LogP contribution in [0.5, 0.6) is 17.2 Å². The van der Waals surface area contributed by atoms with Crippen molar-refractivity contribution in [2.24, 2.45) is 0 Å². The van der Waals surface area contributed by atoms with E-state index in [2.05, 4.69) is 10.6 Å². The summed E-state index contributed by atoms with van der Waals surface area (Å²) in [5.74, 6) is 2.28. The number of rotatable bonds is 3. The minimum atomic E-state index is -0.218. The van der Waals surface area contributed by atoms with Crippen molar-refractivity contribution in [2.45, 2.75) is 18.6 Å². The van der Waals surface area contributed by atoms with Gasteiger partial charge in [-0.3, -0.25) is 0 Å². The van der Waals surface area contributed by atoms with Crippen molar-refractivity contribution >= 4 is 6.03 Å². The lowest BCUT2D eigenvalue weighted by Gasteiger charge is -2.28. The van der Waals surface area contributed by atoms with E-state index in [4.69, 9.17) is 14.2 Å². The number of para-hydroxylation sites is 3. The zero-order valence-corrected chi connectivity index (χ0v) is 13.7. The number of amides is 2. The Kier molecular flexibility index (Phi) is 4.33. The summed E-state index contributed by atoms with van der Waals surface area (Å²) in [5.41, 5.74) is 1.01. The van der Waals surface area contributed by atoms with E-state index in [-0.39, 0.29) is 18.2 Å². The lowest BCUT2D eigenvalue weighted by atomic mass is 10.0. The van der Waals surface area contributed by atoms with Gasteiger partial charge < -0.3 is 24.8 Å². The Morgan fingerprint density at radius 2 is 1.76 bits per heavy atom. The van der Waals surface area contributed by atoms with Gasteiger partial charge in [0, 0.05) is 12.0 Å². The van der Waals surface area contributed by atoms with Gasteiger partial charge in [0.2, 0.25) is 0 Å². The summed E-state index contributed by atoms with van der Waals surface area (Å²) in [4.78, 5) is 12.2. The van der Waals surface area contributed by atoms with Crippen LogP contribution in [0.2, 0.25) is 0 Å². The van der Waals surface area contributed by atoms with E-state index in [0.29, 0.717) is 25.5 Å². The molecule has 4 rings (SSSR count). The van der Waals surface area contributed by atoms with Gasteiger partial charge >= 0.3 is 6.03 Å². The second kappa shape index (κ2) is 6.93. The molecule has 0 saturated heterocycles. The number of carbonyl (C=O) groups is 1. The van der Waals surface area contributed by atoms with Crippen molar-refractivity contribution in [3.05, 3.63) is 54.1 Å². The molecule has 2 aromatic carbocycles. The number of urea groups is 1. The Labute approximate surface area is 146 Å². The van der Waals surface area contributed by atoms with Gasteiger partial charge in [-0.1, -0.05) is 30.3 Å². The van der Waals surface area contributed by atoms with Gasteiger partial charge in [0.05, 0.1) is 19.2 Å². The molecule has 6 nitrogen and oxygen atoms in total. The van der Waals surface area contributed by atoms with Crippen molar-refractivity contribution in [3.63, 3.8) is 0 Å². The summed E-state index contributed by atoms with van der Waals surface area (Å²) in [6, 6.07) is 15.0. The normalized spacial score (nSPS) is 20.8. The van der Waals surface area contributed by atoms with E-state index >= 15 is 0 Å². The first-order valence-electron chi connectivity index (χ1n) is 8.44. The molecule has 2 heterocycles. The van der Waals surface area contributed by atoms with Gasteiger partial charge in [0.1, 0.15) is 12.4 Å². The number of carbonyl (C=O) groups excluding carboxylic acids is 1. The average Bonchev–Trinajstić information content (AvgIpc) is 2.66. The third-order valence-corrected chi connectivity index (χ3v) is 4.32. The molecular weight excluding hydrogens is 320 g/mol. The highest BCUT2D eigenvalue weighted by Gasteiger charge is 2.24. The Morgan fingerprint density at radius 3 is 2.64 bits per heavy atom. The molecule has 2 unspecified atom stereocenters. The Hall–Kier alpha value is -2.89. The summed E-state index contributed by atoms with van der Waals surface area (Å²) >= 11 is 0. The number of ether oxygens (including phenoxy) is 3. The molecule has 130 valence electrons. The first-order chi connectivity index (χ1) is 12.3. The molecule has 6 heteroatoms. The van der Waals surface area contributed by atoms with Gasteiger partial charge in [-0.25, -0.2) is 4.79 Å². The molecule has 0 saturated carbocycles. The van der Waals surface area contributed by atoms with Crippen LogP contribution in [-0.4, -0.2) is 31.9 Å². The van der Waals surface area contributed by atoms with Crippen molar-refractivity contribution in [1.82, 2.24) is 10.6 Å². The standard InChI is InChI=1S/C19H20N2O4/c22-19(21-15-9-10-23-16-6-2-1-5-14(15)16)20-11-13-12-24-17-7-3-4-8-18(17)25-13/h1-8,13,15H,9-12H2,(H2,20,21,22). The maximum Gasteiger partial charge on any atom is 0.315 e. The van der Waals surface area contributed by atoms with E-state index in [1.807, 2.05) is 48.5 Å². The smallest absolute Gasteiger partial charge is 0.315 e. The number of hydrogen-bond acceptors (Lipinski definition) is 4. The van der Waals surface area contributed by atoms with E-state index in [1.54, 1.807) is 0 Å². The molecule has 2 atom stereocenters. The maximum atomic E-state index is 12.2. The van der Waals surface area contributed by atoms with Crippen LogP contribution in [0.4, 0.5) is 4.79 Å². The second-order valence-electron chi connectivity index (χ2n) is 6.08. The Morgan fingerprint density at radius 1 is 1.00 bits per heavy atom. The van der Waals surface area contributed by atoms with Crippen molar-refractivity contribution in [3.8, 4) is 17.2 Å². The predicted molar refractivity (Wildman–Crippen MR) is 92.2 cm³/mol. The van der Waals surface area contributed by atoms with Crippen LogP contribution in [-0.2, 0) is 0 Å². The van der Waals surface area contributed by atoms with Gasteiger partial charge in [-0.05, 0) is 18.2 Å². The molecule has 2 aromatic rings. The van der Waals surface area contributed by atoms with E-state index in [9.17, 15) is 4.79 Å². The zero-order chi connectivity index (χ0) is 17.1. The molecule has 2 amide bonds. The first kappa shape index (κ1) is 15.6. The number of nitrogens with one attached hydrogen (secondary N) is 2. The second-order valence-corrected chi connectivity index (χ2v) is 6.08. The molecule has 0 radical (unpaired) electrons. The molecule has 0 fully saturated rings. The highest BCUT2D eigenvalue weighted by molar-refractivity contribution is 5.74. The number of benzene rings is 2. The summed E-state index contributed by atoms with van der Waals surface area (Å²) in [6.07, 6.45) is 0.545. The Balaban J connectivity index is 1.31. The summed E-state index contributed by atoms with van der Waals surface area (Å²) < 4.78 is 17.1. The van der Waals surface area contributed by atoms with Crippen LogP contribution in [0.15, 0.2) is 48.5 Å². The number of hydrogen-bond donors (Lipinski definition) is 2. The highest BCUT2D eigenvalue weighted by Crippen LogP contribution is 2.32. The Bertz CT molecular complexity index is 765. The third-order valence-electron chi connectivity index (χ3n) is 4.32. The zero-order valence-electron chi connectivity index (χ0n) is 13.7. The van der Waals surface area contributed by atoms with Crippen molar-refractivity contribution < 1.29 is 19.0 Å². The molecule has 0 bridgehead atoms. The SMILES string of the molecule is O=C(NCC1COc2ccccc2O1)NC1CCOc2ccccc21. The quantitative estimate of drug-likeness (QED) is 0.901. The molecule has 25 heavy (non-hydrogen) atoms. The molecular formula is C19H20N2O4. The van der Waals surface area contributed by atoms with Crippen LogP contribution in [0.25, 0.3) is 0 Å². The van der Waals surface area contributed by atoms with Crippen LogP contribution in [0.1, 0.15) is 18.0 Å². The first-order valence-corrected chi connectivity index (χ1v) is 8.44. The van der Waals surface area contributed by atoms with Gasteiger partial charge in [0.25, 0.3) is 0 Å². The van der Waals surface area contributed by atoms with Crippen LogP contribution < -0.4 is 24.8 Å². The lowest BCUT2D eigenvalue weighted by molar-refractivity contribution is 0.0916. The molecule has 0 aliphatic carbocycles. The number of fused-ring (bicyclic) bond motifs is 2. The summed E-state index contributed by atoms with van der Waals surface area (Å²) in [6.45, 7) is 1.39. The van der Waals surface area contributed by atoms with Crippen LogP contribution in [0.3, 0.4) is 0 Å². The molecule has 0 spiro atoms. The monoisotopic (exact) mass is 340 g/mol. The van der Waals surface area contributed by atoms with Crippen LogP contribution in [0, 0.1) is 0 Å². The third kappa shape index (κ3) is 3.47.